The Morgan fingerprint density at radius 2 is 2.30 bits per heavy atom. The lowest BCUT2D eigenvalue weighted by atomic mass is 10.1. The molecule has 0 aliphatic carbocycles. The number of rotatable bonds is 4. The van der Waals surface area contributed by atoms with Crippen LogP contribution in [0.4, 0.5) is 0 Å². The lowest BCUT2D eigenvalue weighted by Gasteiger charge is -2.28. The number of aromatic nitrogens is 2. The molecule has 0 spiro atoms. The Balaban J connectivity index is 1.79. The summed E-state index contributed by atoms with van der Waals surface area (Å²) in [5, 5.41) is 0. The van der Waals surface area contributed by atoms with Crippen molar-refractivity contribution in [2.45, 2.75) is 19.6 Å². The Bertz CT molecular complexity index is 621. The molecule has 2 heterocycles. The van der Waals surface area contributed by atoms with Crippen LogP contribution in [0.1, 0.15) is 21.7 Å². The van der Waals surface area contributed by atoms with Gasteiger partial charge in [0.1, 0.15) is 17.9 Å². The molecule has 1 aromatic heterocycles. The van der Waals surface area contributed by atoms with Crippen LogP contribution in [-0.2, 0) is 19.6 Å². The molecule has 1 aliphatic heterocycles. The second-order valence-corrected chi connectivity index (χ2v) is 4.94. The molecular weight excluding hydrogens is 254 g/mol. The third kappa shape index (κ3) is 2.44. The molecule has 0 atom stereocenters. The van der Waals surface area contributed by atoms with E-state index >= 15 is 0 Å². The van der Waals surface area contributed by atoms with Gasteiger partial charge in [-0.2, -0.15) is 0 Å². The fraction of sp³-hybridized carbons (Fsp3) is 0.333. The Morgan fingerprint density at radius 1 is 1.40 bits per heavy atom. The van der Waals surface area contributed by atoms with Crippen molar-refractivity contribution in [2.24, 2.45) is 0 Å². The van der Waals surface area contributed by atoms with Gasteiger partial charge in [-0.1, -0.05) is 0 Å². The number of carbonyl (C=O) groups is 1. The van der Waals surface area contributed by atoms with Crippen molar-refractivity contribution in [3.63, 3.8) is 0 Å². The van der Waals surface area contributed by atoms with Gasteiger partial charge < -0.3 is 9.30 Å². The Labute approximate surface area is 117 Å². The van der Waals surface area contributed by atoms with Gasteiger partial charge in [0.25, 0.3) is 0 Å². The molecule has 3 rings (SSSR count). The number of benzene rings is 1. The first kappa shape index (κ1) is 12.9. The summed E-state index contributed by atoms with van der Waals surface area (Å²) >= 11 is 0. The van der Waals surface area contributed by atoms with Crippen LogP contribution < -0.4 is 4.74 Å². The average molecular weight is 271 g/mol. The van der Waals surface area contributed by atoms with Crippen molar-refractivity contribution in [2.75, 3.05) is 13.7 Å². The third-order valence-corrected chi connectivity index (χ3v) is 3.66. The molecule has 5 heteroatoms. The molecule has 1 aliphatic rings. The second kappa shape index (κ2) is 5.46. The van der Waals surface area contributed by atoms with Crippen LogP contribution in [-0.4, -0.2) is 34.4 Å². The molecule has 0 saturated carbocycles. The van der Waals surface area contributed by atoms with Crippen LogP contribution in [0.15, 0.2) is 30.6 Å². The Hall–Kier alpha value is -2.14. The maximum absolute atomic E-state index is 10.9. The van der Waals surface area contributed by atoms with Crippen molar-refractivity contribution in [1.29, 1.82) is 0 Å². The molecule has 104 valence electrons. The molecule has 0 radical (unpaired) electrons. The van der Waals surface area contributed by atoms with Crippen LogP contribution in [0.25, 0.3) is 0 Å². The lowest BCUT2D eigenvalue weighted by Crippen LogP contribution is -2.33. The summed E-state index contributed by atoms with van der Waals surface area (Å²) in [6.07, 6.45) is 4.72. The van der Waals surface area contributed by atoms with Crippen molar-refractivity contribution < 1.29 is 9.53 Å². The van der Waals surface area contributed by atoms with Gasteiger partial charge in [-0.25, -0.2) is 4.98 Å². The van der Waals surface area contributed by atoms with E-state index in [9.17, 15) is 4.79 Å². The minimum Gasteiger partial charge on any atom is -0.496 e. The van der Waals surface area contributed by atoms with Crippen LogP contribution >= 0.6 is 0 Å². The van der Waals surface area contributed by atoms with Gasteiger partial charge in [0, 0.05) is 43.2 Å². The first-order chi connectivity index (χ1) is 9.80. The number of imidazole rings is 1. The van der Waals surface area contributed by atoms with E-state index in [2.05, 4.69) is 14.5 Å². The fourth-order valence-electron chi connectivity index (χ4n) is 2.59. The maximum Gasteiger partial charge on any atom is 0.150 e. The summed E-state index contributed by atoms with van der Waals surface area (Å²) in [5.41, 5.74) is 1.72. The first-order valence-corrected chi connectivity index (χ1v) is 6.64. The average Bonchev–Trinajstić information content (AvgIpc) is 2.94. The summed E-state index contributed by atoms with van der Waals surface area (Å²) < 4.78 is 7.55. The summed E-state index contributed by atoms with van der Waals surface area (Å²) in [5.74, 6) is 1.91. The third-order valence-electron chi connectivity index (χ3n) is 3.66. The van der Waals surface area contributed by atoms with Gasteiger partial charge >= 0.3 is 0 Å². The molecule has 0 fully saturated rings. The standard InChI is InChI=1S/C15H17N3O2/c1-20-14-3-2-12(11-19)8-13(14)9-17-6-7-18-5-4-16-15(18)10-17/h2-5,8,11H,6-7,9-10H2,1H3. The summed E-state index contributed by atoms with van der Waals surface area (Å²) in [6.45, 7) is 3.50. The molecule has 5 nitrogen and oxygen atoms in total. The molecule has 1 aromatic carbocycles. The van der Waals surface area contributed by atoms with Crippen LogP contribution in [0.2, 0.25) is 0 Å². The van der Waals surface area contributed by atoms with E-state index < -0.39 is 0 Å². The highest BCUT2D eigenvalue weighted by Gasteiger charge is 2.18. The quantitative estimate of drug-likeness (QED) is 0.794. The van der Waals surface area contributed by atoms with E-state index in [0.717, 1.165) is 49.6 Å². The number of carbonyl (C=O) groups excluding carboxylic acids is 1. The van der Waals surface area contributed by atoms with Crippen molar-refractivity contribution in [1.82, 2.24) is 14.5 Å². The number of methoxy groups -OCH3 is 1. The molecule has 20 heavy (non-hydrogen) atoms. The zero-order valence-corrected chi connectivity index (χ0v) is 11.5. The number of hydrogen-bond acceptors (Lipinski definition) is 4. The maximum atomic E-state index is 10.9. The number of aldehydes is 1. The predicted molar refractivity (Wildman–Crippen MR) is 74.7 cm³/mol. The van der Waals surface area contributed by atoms with Gasteiger partial charge in [0.15, 0.2) is 0 Å². The molecular formula is C15H17N3O2. The van der Waals surface area contributed by atoms with Gasteiger partial charge in [0.05, 0.1) is 13.7 Å². The van der Waals surface area contributed by atoms with Gasteiger partial charge in [-0.3, -0.25) is 9.69 Å². The minimum absolute atomic E-state index is 0.680. The number of ether oxygens (including phenoxy) is 1. The zero-order valence-electron chi connectivity index (χ0n) is 11.5. The van der Waals surface area contributed by atoms with E-state index in [1.165, 1.54) is 0 Å². The lowest BCUT2D eigenvalue weighted by molar-refractivity contribution is 0.112. The molecule has 0 amide bonds. The number of nitrogens with zero attached hydrogens (tertiary/aromatic N) is 3. The number of hydrogen-bond donors (Lipinski definition) is 0. The van der Waals surface area contributed by atoms with Crippen molar-refractivity contribution >= 4 is 6.29 Å². The molecule has 0 unspecified atom stereocenters. The molecule has 0 saturated heterocycles. The monoisotopic (exact) mass is 271 g/mol. The highest BCUT2D eigenvalue weighted by molar-refractivity contribution is 5.75. The van der Waals surface area contributed by atoms with Gasteiger partial charge in [-0.05, 0) is 18.2 Å². The van der Waals surface area contributed by atoms with Gasteiger partial charge in [0.2, 0.25) is 0 Å². The van der Waals surface area contributed by atoms with Crippen molar-refractivity contribution in [3.05, 3.63) is 47.5 Å². The topological polar surface area (TPSA) is 47.4 Å². The van der Waals surface area contributed by atoms with E-state index in [4.69, 9.17) is 4.74 Å². The fourth-order valence-corrected chi connectivity index (χ4v) is 2.59. The number of fused-ring (bicyclic) bond motifs is 1. The van der Waals surface area contributed by atoms with E-state index in [0.29, 0.717) is 5.56 Å². The van der Waals surface area contributed by atoms with Crippen molar-refractivity contribution in [3.8, 4) is 5.75 Å². The second-order valence-electron chi connectivity index (χ2n) is 4.94. The first-order valence-electron chi connectivity index (χ1n) is 6.64. The van der Waals surface area contributed by atoms with E-state index in [-0.39, 0.29) is 0 Å². The van der Waals surface area contributed by atoms with Crippen LogP contribution in [0.5, 0.6) is 5.75 Å². The minimum atomic E-state index is 0.680. The Kier molecular flexibility index (Phi) is 3.52. The summed E-state index contributed by atoms with van der Waals surface area (Å²) in [6, 6.07) is 5.52. The summed E-state index contributed by atoms with van der Waals surface area (Å²) in [4.78, 5) is 17.6. The van der Waals surface area contributed by atoms with E-state index in [1.54, 1.807) is 13.2 Å². The Morgan fingerprint density at radius 3 is 3.10 bits per heavy atom. The highest BCUT2D eigenvalue weighted by Crippen LogP contribution is 2.23. The van der Waals surface area contributed by atoms with Gasteiger partial charge in [-0.15, -0.1) is 0 Å². The highest BCUT2D eigenvalue weighted by atomic mass is 16.5. The normalized spacial score (nSPS) is 14.8. The predicted octanol–water partition coefficient (Wildman–Crippen LogP) is 1.72. The zero-order chi connectivity index (χ0) is 13.9. The van der Waals surface area contributed by atoms with E-state index in [1.807, 2.05) is 24.5 Å². The molecule has 0 bridgehead atoms. The van der Waals surface area contributed by atoms with Crippen LogP contribution in [0, 0.1) is 0 Å². The van der Waals surface area contributed by atoms with Crippen LogP contribution in [0.3, 0.4) is 0 Å². The smallest absolute Gasteiger partial charge is 0.150 e. The largest absolute Gasteiger partial charge is 0.496 e. The molecule has 0 N–H and O–H groups in total. The molecule has 2 aromatic rings. The summed E-state index contributed by atoms with van der Waals surface area (Å²) in [7, 11) is 1.66. The SMILES string of the molecule is COc1ccc(C=O)cc1CN1CCn2ccnc2C1.